The van der Waals surface area contributed by atoms with Gasteiger partial charge >= 0.3 is 6.03 Å². The Balaban J connectivity index is 2.06. The Hall–Kier alpha value is -1.62. The normalized spacial score (nSPS) is 17.3. The fourth-order valence-corrected chi connectivity index (χ4v) is 2.89. The SMILES string of the molecule is Cc1cc(NC(=O)N(C[C@@H](C)O)C2CCCCC2)ccn1. The number of carbonyl (C=O) groups excluding carboxylic acids is 1. The first-order valence-electron chi connectivity index (χ1n) is 7.74. The Kier molecular flexibility index (Phi) is 5.56. The fraction of sp³-hybridized carbons (Fsp3) is 0.625. The number of aliphatic hydroxyl groups is 1. The molecule has 0 saturated heterocycles. The molecule has 0 unspecified atom stereocenters. The summed E-state index contributed by atoms with van der Waals surface area (Å²) in [6, 6.07) is 3.73. The van der Waals surface area contributed by atoms with Crippen LogP contribution in [-0.4, -0.2) is 39.7 Å². The number of pyridine rings is 1. The quantitative estimate of drug-likeness (QED) is 0.896. The van der Waals surface area contributed by atoms with E-state index in [0.29, 0.717) is 6.54 Å². The van der Waals surface area contributed by atoms with Gasteiger partial charge in [-0.3, -0.25) is 4.98 Å². The summed E-state index contributed by atoms with van der Waals surface area (Å²) in [6.45, 7) is 3.99. The number of hydrogen-bond acceptors (Lipinski definition) is 3. The van der Waals surface area contributed by atoms with Crippen molar-refractivity contribution in [3.63, 3.8) is 0 Å². The van der Waals surface area contributed by atoms with E-state index in [1.807, 2.05) is 13.0 Å². The molecule has 1 aliphatic carbocycles. The lowest BCUT2D eigenvalue weighted by molar-refractivity contribution is 0.105. The Morgan fingerprint density at radius 3 is 2.81 bits per heavy atom. The van der Waals surface area contributed by atoms with E-state index in [0.717, 1.165) is 37.1 Å². The number of nitrogens with zero attached hydrogens (tertiary/aromatic N) is 2. The molecule has 1 atom stereocenters. The van der Waals surface area contributed by atoms with Gasteiger partial charge in [-0.15, -0.1) is 0 Å². The second-order valence-electron chi connectivity index (χ2n) is 5.91. The summed E-state index contributed by atoms with van der Waals surface area (Å²) in [7, 11) is 0. The first-order chi connectivity index (χ1) is 10.1. The van der Waals surface area contributed by atoms with Crippen LogP contribution in [0.4, 0.5) is 10.5 Å². The first-order valence-corrected chi connectivity index (χ1v) is 7.74. The molecule has 1 aromatic rings. The number of nitrogens with one attached hydrogen (secondary N) is 1. The summed E-state index contributed by atoms with van der Waals surface area (Å²) in [4.78, 5) is 18.5. The molecule has 2 rings (SSSR count). The van der Waals surface area contributed by atoms with Crippen LogP contribution in [0.25, 0.3) is 0 Å². The number of carbonyl (C=O) groups is 1. The standard InChI is InChI=1S/C16H25N3O2/c1-12-10-14(8-9-17-12)18-16(21)19(11-13(2)20)15-6-4-3-5-7-15/h8-10,13,15,20H,3-7,11H2,1-2H3,(H,17,18,21)/t13-/m1/s1. The fourth-order valence-electron chi connectivity index (χ4n) is 2.89. The number of urea groups is 1. The van der Waals surface area contributed by atoms with Crippen LogP contribution in [0.3, 0.4) is 0 Å². The van der Waals surface area contributed by atoms with Crippen LogP contribution in [0.1, 0.15) is 44.7 Å². The maximum absolute atomic E-state index is 12.5. The van der Waals surface area contributed by atoms with Crippen LogP contribution in [0.2, 0.25) is 0 Å². The summed E-state index contributed by atoms with van der Waals surface area (Å²) in [5.41, 5.74) is 1.62. The highest BCUT2D eigenvalue weighted by molar-refractivity contribution is 5.89. The van der Waals surface area contributed by atoms with E-state index < -0.39 is 6.10 Å². The maximum atomic E-state index is 12.5. The number of aromatic nitrogens is 1. The Morgan fingerprint density at radius 1 is 1.48 bits per heavy atom. The summed E-state index contributed by atoms with van der Waals surface area (Å²) in [6.07, 6.45) is 6.77. The monoisotopic (exact) mass is 291 g/mol. The number of anilines is 1. The Bertz CT molecular complexity index is 470. The van der Waals surface area contributed by atoms with E-state index >= 15 is 0 Å². The second-order valence-corrected chi connectivity index (χ2v) is 5.91. The molecule has 0 aliphatic heterocycles. The van der Waals surface area contributed by atoms with Crippen molar-refractivity contribution in [1.82, 2.24) is 9.88 Å². The molecule has 21 heavy (non-hydrogen) atoms. The zero-order valence-electron chi connectivity index (χ0n) is 12.9. The molecule has 2 amide bonds. The molecular weight excluding hydrogens is 266 g/mol. The van der Waals surface area contributed by atoms with Gasteiger partial charge < -0.3 is 15.3 Å². The minimum atomic E-state index is -0.517. The second kappa shape index (κ2) is 7.41. The average molecular weight is 291 g/mol. The molecule has 0 aromatic carbocycles. The Morgan fingerprint density at radius 2 is 2.19 bits per heavy atom. The highest BCUT2D eigenvalue weighted by Gasteiger charge is 2.26. The van der Waals surface area contributed by atoms with Gasteiger partial charge in [-0.2, -0.15) is 0 Å². The first kappa shape index (κ1) is 15.8. The topological polar surface area (TPSA) is 65.5 Å². The van der Waals surface area contributed by atoms with E-state index in [1.165, 1.54) is 6.42 Å². The third-order valence-corrected chi connectivity index (χ3v) is 3.89. The molecule has 1 fully saturated rings. The lowest BCUT2D eigenvalue weighted by Crippen LogP contribution is -2.47. The molecule has 0 bridgehead atoms. The minimum Gasteiger partial charge on any atom is -0.392 e. The van der Waals surface area contributed by atoms with Crippen LogP contribution in [0.15, 0.2) is 18.3 Å². The van der Waals surface area contributed by atoms with Gasteiger partial charge in [0.15, 0.2) is 0 Å². The van der Waals surface area contributed by atoms with Crippen LogP contribution >= 0.6 is 0 Å². The van der Waals surface area contributed by atoms with E-state index in [4.69, 9.17) is 0 Å². The number of amides is 2. The van der Waals surface area contributed by atoms with Crippen molar-refractivity contribution >= 4 is 11.7 Å². The molecular formula is C16H25N3O2. The van der Waals surface area contributed by atoms with E-state index in [-0.39, 0.29) is 12.1 Å². The van der Waals surface area contributed by atoms with Crippen molar-refractivity contribution in [2.45, 2.75) is 58.1 Å². The highest BCUT2D eigenvalue weighted by Crippen LogP contribution is 2.23. The molecule has 0 spiro atoms. The predicted octanol–water partition coefficient (Wildman–Crippen LogP) is 2.94. The van der Waals surface area contributed by atoms with E-state index in [9.17, 15) is 9.90 Å². The maximum Gasteiger partial charge on any atom is 0.322 e. The molecule has 2 N–H and O–H groups in total. The molecule has 116 valence electrons. The molecule has 1 aromatic heterocycles. The number of rotatable bonds is 4. The third kappa shape index (κ3) is 4.70. The smallest absolute Gasteiger partial charge is 0.322 e. The largest absolute Gasteiger partial charge is 0.392 e. The summed E-state index contributed by atoms with van der Waals surface area (Å²) in [5, 5.41) is 12.6. The minimum absolute atomic E-state index is 0.131. The molecule has 5 nitrogen and oxygen atoms in total. The van der Waals surface area contributed by atoms with Gasteiger partial charge in [0.1, 0.15) is 0 Å². The van der Waals surface area contributed by atoms with Crippen molar-refractivity contribution < 1.29 is 9.90 Å². The van der Waals surface area contributed by atoms with Crippen molar-refractivity contribution in [1.29, 1.82) is 0 Å². The van der Waals surface area contributed by atoms with Gasteiger partial charge in [-0.1, -0.05) is 19.3 Å². The van der Waals surface area contributed by atoms with Crippen molar-refractivity contribution in [2.75, 3.05) is 11.9 Å². The zero-order valence-corrected chi connectivity index (χ0v) is 12.9. The Labute approximate surface area is 126 Å². The summed E-state index contributed by atoms with van der Waals surface area (Å²) in [5.74, 6) is 0. The van der Waals surface area contributed by atoms with Crippen LogP contribution in [-0.2, 0) is 0 Å². The van der Waals surface area contributed by atoms with Crippen LogP contribution in [0, 0.1) is 6.92 Å². The lowest BCUT2D eigenvalue weighted by Gasteiger charge is -2.35. The van der Waals surface area contributed by atoms with Crippen LogP contribution in [0.5, 0.6) is 0 Å². The third-order valence-electron chi connectivity index (χ3n) is 3.89. The summed E-state index contributed by atoms with van der Waals surface area (Å²) < 4.78 is 0. The van der Waals surface area contributed by atoms with Gasteiger partial charge in [0.25, 0.3) is 0 Å². The van der Waals surface area contributed by atoms with Gasteiger partial charge in [0.2, 0.25) is 0 Å². The van der Waals surface area contributed by atoms with E-state index in [2.05, 4.69) is 10.3 Å². The van der Waals surface area contributed by atoms with Gasteiger partial charge in [-0.25, -0.2) is 4.79 Å². The van der Waals surface area contributed by atoms with Crippen LogP contribution < -0.4 is 5.32 Å². The predicted molar refractivity (Wildman–Crippen MR) is 83.3 cm³/mol. The molecule has 0 radical (unpaired) electrons. The molecule has 1 heterocycles. The lowest BCUT2D eigenvalue weighted by atomic mass is 9.94. The van der Waals surface area contributed by atoms with Gasteiger partial charge in [0, 0.05) is 30.2 Å². The average Bonchev–Trinajstić information content (AvgIpc) is 2.45. The number of aliphatic hydroxyl groups excluding tert-OH is 1. The zero-order chi connectivity index (χ0) is 15.2. The number of hydrogen-bond donors (Lipinski definition) is 2. The van der Waals surface area contributed by atoms with Crippen molar-refractivity contribution in [2.24, 2.45) is 0 Å². The summed E-state index contributed by atoms with van der Waals surface area (Å²) >= 11 is 0. The van der Waals surface area contributed by atoms with Gasteiger partial charge in [-0.05, 0) is 38.8 Å². The van der Waals surface area contributed by atoms with Crippen molar-refractivity contribution in [3.8, 4) is 0 Å². The number of aryl methyl sites for hydroxylation is 1. The van der Waals surface area contributed by atoms with E-state index in [1.54, 1.807) is 24.1 Å². The molecule has 1 aliphatic rings. The molecule has 5 heteroatoms. The van der Waals surface area contributed by atoms with Crippen molar-refractivity contribution in [3.05, 3.63) is 24.0 Å². The van der Waals surface area contributed by atoms with Gasteiger partial charge in [0.05, 0.1) is 6.10 Å². The molecule has 1 saturated carbocycles. The highest BCUT2D eigenvalue weighted by atomic mass is 16.3.